The Hall–Kier alpha value is -4.19. The molecule has 0 N–H and O–H groups in total. The summed E-state index contributed by atoms with van der Waals surface area (Å²) in [5, 5.41) is 5.03. The summed E-state index contributed by atoms with van der Waals surface area (Å²) in [4.78, 5) is 18.0. The second kappa shape index (κ2) is 9.31. The molecule has 0 aliphatic carbocycles. The van der Waals surface area contributed by atoms with E-state index in [9.17, 15) is 4.79 Å². The van der Waals surface area contributed by atoms with Crippen LogP contribution in [0.15, 0.2) is 89.3 Å². The number of allylic oxidation sites excluding steroid dienone is 1. The van der Waals surface area contributed by atoms with Crippen LogP contribution in [0.4, 0.5) is 0 Å². The molecule has 3 aromatic carbocycles. The van der Waals surface area contributed by atoms with Gasteiger partial charge in [0.25, 0.3) is 5.56 Å². The summed E-state index contributed by atoms with van der Waals surface area (Å²) >= 11 is 0. The zero-order valence-corrected chi connectivity index (χ0v) is 18.0. The van der Waals surface area contributed by atoms with E-state index < -0.39 is 0 Å². The molecular formula is C26H23N3O3. The number of ether oxygens (including phenoxy) is 2. The lowest BCUT2D eigenvalue weighted by Gasteiger charge is -2.13. The lowest BCUT2D eigenvalue weighted by molar-refractivity contribution is 0.352. The normalized spacial score (nSPS) is 11.1. The van der Waals surface area contributed by atoms with Gasteiger partial charge in [-0.05, 0) is 36.2 Å². The molecule has 0 fully saturated rings. The Balaban J connectivity index is 1.89. The third-order valence-corrected chi connectivity index (χ3v) is 5.05. The molecule has 6 heteroatoms. The fraction of sp³-hybridized carbons (Fsp3) is 0.115. The van der Waals surface area contributed by atoms with Crippen molar-refractivity contribution in [2.45, 2.75) is 6.42 Å². The van der Waals surface area contributed by atoms with E-state index in [-0.39, 0.29) is 5.56 Å². The van der Waals surface area contributed by atoms with Crippen molar-refractivity contribution in [3.63, 3.8) is 0 Å². The van der Waals surface area contributed by atoms with Gasteiger partial charge in [-0.1, -0.05) is 48.5 Å². The van der Waals surface area contributed by atoms with Crippen molar-refractivity contribution < 1.29 is 9.47 Å². The maximum atomic E-state index is 13.3. The van der Waals surface area contributed by atoms with Gasteiger partial charge in [-0.2, -0.15) is 9.78 Å². The molecule has 6 nitrogen and oxygen atoms in total. The van der Waals surface area contributed by atoms with Crippen LogP contribution in [-0.4, -0.2) is 30.1 Å². The van der Waals surface area contributed by atoms with E-state index in [2.05, 4.69) is 11.7 Å². The second-order valence-corrected chi connectivity index (χ2v) is 7.09. The molecule has 4 aromatic rings. The number of hydrogen-bond acceptors (Lipinski definition) is 5. The highest BCUT2D eigenvalue weighted by Crippen LogP contribution is 2.32. The Morgan fingerprint density at radius 3 is 2.50 bits per heavy atom. The fourth-order valence-electron chi connectivity index (χ4n) is 3.58. The van der Waals surface area contributed by atoms with Crippen molar-refractivity contribution >= 4 is 17.1 Å². The third kappa shape index (κ3) is 4.03. The van der Waals surface area contributed by atoms with Gasteiger partial charge in [-0.15, -0.1) is 6.58 Å². The zero-order valence-electron chi connectivity index (χ0n) is 18.0. The van der Waals surface area contributed by atoms with E-state index in [0.29, 0.717) is 34.6 Å². The average Bonchev–Trinajstić information content (AvgIpc) is 2.83. The number of hydrogen-bond donors (Lipinski definition) is 0. The standard InChI is InChI=1S/C26H23N3O3/c1-4-10-20-15-18(16-23(31-2)24(20)32-3)17-27-29-25(19-11-6-5-7-12-19)28-22-14-9-8-13-21(22)26(29)30/h4-9,11-17H,1,10H2,2-3H3. The lowest BCUT2D eigenvalue weighted by Crippen LogP contribution is -2.20. The topological polar surface area (TPSA) is 65.7 Å². The molecule has 0 saturated heterocycles. The van der Waals surface area contributed by atoms with Gasteiger partial charge in [0.2, 0.25) is 0 Å². The van der Waals surface area contributed by atoms with Gasteiger partial charge >= 0.3 is 0 Å². The summed E-state index contributed by atoms with van der Waals surface area (Å²) in [6.45, 7) is 3.81. The van der Waals surface area contributed by atoms with Crippen molar-refractivity contribution in [1.29, 1.82) is 0 Å². The number of fused-ring (bicyclic) bond motifs is 1. The number of rotatable bonds is 7. The van der Waals surface area contributed by atoms with Gasteiger partial charge in [-0.3, -0.25) is 4.79 Å². The quantitative estimate of drug-likeness (QED) is 0.318. The number of benzene rings is 3. The first kappa shape index (κ1) is 21.1. The summed E-state index contributed by atoms with van der Waals surface area (Å²) in [5.74, 6) is 1.71. The lowest BCUT2D eigenvalue weighted by atomic mass is 10.1. The van der Waals surface area contributed by atoms with Gasteiger partial charge in [0.05, 0.1) is 31.3 Å². The summed E-state index contributed by atoms with van der Waals surface area (Å²) in [7, 11) is 3.19. The van der Waals surface area contributed by atoms with Gasteiger partial charge in [-0.25, -0.2) is 4.98 Å². The zero-order chi connectivity index (χ0) is 22.5. The van der Waals surface area contributed by atoms with Gasteiger partial charge in [0, 0.05) is 11.1 Å². The Morgan fingerprint density at radius 1 is 1.03 bits per heavy atom. The highest BCUT2D eigenvalue weighted by atomic mass is 16.5. The van der Waals surface area contributed by atoms with Crippen molar-refractivity contribution in [2.24, 2.45) is 5.10 Å². The molecule has 1 heterocycles. The molecule has 0 bridgehead atoms. The Kier molecular flexibility index (Phi) is 6.12. The molecule has 0 spiro atoms. The Morgan fingerprint density at radius 2 is 1.78 bits per heavy atom. The van der Waals surface area contributed by atoms with Crippen LogP contribution in [0, 0.1) is 0 Å². The second-order valence-electron chi connectivity index (χ2n) is 7.09. The molecule has 4 rings (SSSR count). The van der Waals surface area contributed by atoms with E-state index in [1.54, 1.807) is 32.6 Å². The van der Waals surface area contributed by atoms with Crippen molar-refractivity contribution in [3.8, 4) is 22.9 Å². The molecule has 0 atom stereocenters. The minimum Gasteiger partial charge on any atom is -0.493 e. The molecule has 0 amide bonds. The molecule has 0 aliphatic heterocycles. The summed E-state index contributed by atoms with van der Waals surface area (Å²) in [5.41, 5.74) is 2.86. The molecule has 0 saturated carbocycles. The van der Waals surface area contributed by atoms with Crippen molar-refractivity contribution in [1.82, 2.24) is 9.66 Å². The fourth-order valence-corrected chi connectivity index (χ4v) is 3.58. The Labute approximate surface area is 186 Å². The van der Waals surface area contributed by atoms with E-state index in [0.717, 1.165) is 16.7 Å². The summed E-state index contributed by atoms with van der Waals surface area (Å²) in [6.07, 6.45) is 4.02. The minimum atomic E-state index is -0.238. The van der Waals surface area contributed by atoms with Gasteiger partial charge in [0.15, 0.2) is 17.3 Å². The highest BCUT2D eigenvalue weighted by Gasteiger charge is 2.13. The van der Waals surface area contributed by atoms with Crippen LogP contribution >= 0.6 is 0 Å². The van der Waals surface area contributed by atoms with E-state index in [1.807, 2.05) is 60.7 Å². The van der Waals surface area contributed by atoms with Gasteiger partial charge in [0.1, 0.15) is 0 Å². The monoisotopic (exact) mass is 425 g/mol. The van der Waals surface area contributed by atoms with Crippen LogP contribution < -0.4 is 15.0 Å². The van der Waals surface area contributed by atoms with Crippen molar-refractivity contribution in [2.75, 3.05) is 14.2 Å². The van der Waals surface area contributed by atoms with E-state index in [1.165, 1.54) is 4.68 Å². The van der Waals surface area contributed by atoms with E-state index >= 15 is 0 Å². The van der Waals surface area contributed by atoms with Gasteiger partial charge < -0.3 is 9.47 Å². The van der Waals surface area contributed by atoms with Crippen LogP contribution in [0.1, 0.15) is 11.1 Å². The number of nitrogens with zero attached hydrogens (tertiary/aromatic N) is 3. The molecule has 0 radical (unpaired) electrons. The molecule has 32 heavy (non-hydrogen) atoms. The number of para-hydroxylation sites is 1. The summed E-state index contributed by atoms with van der Waals surface area (Å²) in [6, 6.07) is 20.5. The molecule has 0 aliphatic rings. The predicted octanol–water partition coefficient (Wildman–Crippen LogP) is 4.69. The van der Waals surface area contributed by atoms with Crippen LogP contribution in [0.3, 0.4) is 0 Å². The van der Waals surface area contributed by atoms with E-state index in [4.69, 9.17) is 14.5 Å². The first-order valence-electron chi connectivity index (χ1n) is 10.1. The highest BCUT2D eigenvalue weighted by molar-refractivity contribution is 5.83. The number of aromatic nitrogens is 2. The minimum absolute atomic E-state index is 0.238. The first-order chi connectivity index (χ1) is 15.7. The van der Waals surface area contributed by atoms with Crippen LogP contribution in [0.25, 0.3) is 22.3 Å². The Bertz CT molecular complexity index is 1360. The van der Waals surface area contributed by atoms with Crippen LogP contribution in [-0.2, 0) is 6.42 Å². The maximum absolute atomic E-state index is 13.3. The van der Waals surface area contributed by atoms with Crippen LogP contribution in [0.2, 0.25) is 0 Å². The largest absolute Gasteiger partial charge is 0.493 e. The SMILES string of the molecule is C=CCc1cc(C=Nn2c(-c3ccccc3)nc3ccccc3c2=O)cc(OC)c1OC. The molecular weight excluding hydrogens is 402 g/mol. The molecule has 1 aromatic heterocycles. The average molecular weight is 425 g/mol. The maximum Gasteiger partial charge on any atom is 0.282 e. The molecule has 0 unspecified atom stereocenters. The number of methoxy groups -OCH3 is 2. The predicted molar refractivity (Wildman–Crippen MR) is 128 cm³/mol. The van der Waals surface area contributed by atoms with Crippen molar-refractivity contribution in [3.05, 3.63) is 101 Å². The van der Waals surface area contributed by atoms with Crippen LogP contribution in [0.5, 0.6) is 11.5 Å². The third-order valence-electron chi connectivity index (χ3n) is 5.05. The smallest absolute Gasteiger partial charge is 0.282 e. The summed E-state index contributed by atoms with van der Waals surface area (Å²) < 4.78 is 12.3. The molecule has 160 valence electrons. The first-order valence-corrected chi connectivity index (χ1v) is 10.1.